The average molecular weight is 338 g/mol. The van der Waals surface area contributed by atoms with Gasteiger partial charge < -0.3 is 20.1 Å². The fourth-order valence-electron chi connectivity index (χ4n) is 2.12. The van der Waals surface area contributed by atoms with Gasteiger partial charge in [0.1, 0.15) is 6.61 Å². The largest absolute Gasteiger partial charge is 0.493 e. The second kappa shape index (κ2) is 10.6. The molecule has 0 aliphatic rings. The van der Waals surface area contributed by atoms with E-state index >= 15 is 0 Å². The molecule has 5 heteroatoms. The highest BCUT2D eigenvalue weighted by Gasteiger charge is 2.00. The SMILES string of the molecule is COc1ccccc1OCC#CCNC(=O)NCCc1ccccc1. The molecule has 0 saturated carbocycles. The second-order valence-corrected chi connectivity index (χ2v) is 5.14. The van der Waals surface area contributed by atoms with Gasteiger partial charge in [0.2, 0.25) is 0 Å². The monoisotopic (exact) mass is 338 g/mol. The first-order valence-electron chi connectivity index (χ1n) is 8.07. The van der Waals surface area contributed by atoms with Crippen LogP contribution in [0.3, 0.4) is 0 Å². The fourth-order valence-corrected chi connectivity index (χ4v) is 2.12. The van der Waals surface area contributed by atoms with E-state index in [2.05, 4.69) is 22.5 Å². The number of rotatable bonds is 7. The van der Waals surface area contributed by atoms with Crippen molar-refractivity contribution in [1.82, 2.24) is 10.6 Å². The minimum atomic E-state index is -0.226. The molecule has 0 radical (unpaired) electrons. The second-order valence-electron chi connectivity index (χ2n) is 5.14. The van der Waals surface area contributed by atoms with Crippen molar-refractivity contribution >= 4 is 6.03 Å². The zero-order valence-electron chi connectivity index (χ0n) is 14.2. The van der Waals surface area contributed by atoms with Crippen molar-refractivity contribution in [2.24, 2.45) is 0 Å². The van der Waals surface area contributed by atoms with Crippen LogP contribution >= 0.6 is 0 Å². The Morgan fingerprint density at radius 3 is 2.44 bits per heavy atom. The number of ether oxygens (including phenoxy) is 2. The molecule has 2 rings (SSSR count). The molecule has 0 saturated heterocycles. The average Bonchev–Trinajstić information content (AvgIpc) is 2.65. The van der Waals surface area contributed by atoms with E-state index in [-0.39, 0.29) is 19.2 Å². The van der Waals surface area contributed by atoms with Crippen molar-refractivity contribution in [2.75, 3.05) is 26.8 Å². The van der Waals surface area contributed by atoms with Crippen LogP contribution in [-0.4, -0.2) is 32.8 Å². The predicted molar refractivity (Wildman–Crippen MR) is 97.8 cm³/mol. The molecule has 0 heterocycles. The third kappa shape index (κ3) is 6.88. The van der Waals surface area contributed by atoms with Gasteiger partial charge in [-0.15, -0.1) is 0 Å². The Bertz CT molecular complexity index is 720. The van der Waals surface area contributed by atoms with Crippen LogP contribution in [0, 0.1) is 11.8 Å². The summed E-state index contributed by atoms with van der Waals surface area (Å²) in [5, 5.41) is 5.48. The minimum Gasteiger partial charge on any atom is -0.493 e. The summed E-state index contributed by atoms with van der Waals surface area (Å²) in [6, 6.07) is 17.2. The number of amides is 2. The van der Waals surface area contributed by atoms with Gasteiger partial charge in [0.05, 0.1) is 13.7 Å². The Labute approximate surface area is 148 Å². The quantitative estimate of drug-likeness (QED) is 0.763. The minimum absolute atomic E-state index is 0.226. The van der Waals surface area contributed by atoms with E-state index < -0.39 is 0 Å². The van der Waals surface area contributed by atoms with Gasteiger partial charge >= 0.3 is 6.03 Å². The van der Waals surface area contributed by atoms with Crippen molar-refractivity contribution in [1.29, 1.82) is 0 Å². The summed E-state index contributed by atoms with van der Waals surface area (Å²) in [4.78, 5) is 11.6. The first-order valence-corrected chi connectivity index (χ1v) is 8.07. The molecule has 2 amide bonds. The number of methoxy groups -OCH3 is 1. The highest BCUT2D eigenvalue weighted by Crippen LogP contribution is 2.25. The number of hydrogen-bond acceptors (Lipinski definition) is 3. The summed E-state index contributed by atoms with van der Waals surface area (Å²) in [5.41, 5.74) is 1.19. The van der Waals surface area contributed by atoms with Crippen LogP contribution in [0.15, 0.2) is 54.6 Å². The van der Waals surface area contributed by atoms with Crippen molar-refractivity contribution in [3.8, 4) is 23.3 Å². The first kappa shape index (κ1) is 18.2. The number of nitrogens with one attached hydrogen (secondary N) is 2. The highest BCUT2D eigenvalue weighted by molar-refractivity contribution is 5.74. The van der Waals surface area contributed by atoms with Crippen LogP contribution in [0.5, 0.6) is 11.5 Å². The molecule has 2 aromatic rings. The van der Waals surface area contributed by atoms with Crippen LogP contribution in [0.2, 0.25) is 0 Å². The molecule has 0 bridgehead atoms. The third-order valence-electron chi connectivity index (χ3n) is 3.37. The lowest BCUT2D eigenvalue weighted by Crippen LogP contribution is -2.36. The number of hydrogen-bond donors (Lipinski definition) is 2. The lowest BCUT2D eigenvalue weighted by molar-refractivity contribution is 0.242. The maximum Gasteiger partial charge on any atom is 0.315 e. The predicted octanol–water partition coefficient (Wildman–Crippen LogP) is 2.62. The van der Waals surface area contributed by atoms with E-state index in [9.17, 15) is 4.79 Å². The number of urea groups is 1. The Hall–Kier alpha value is -3.13. The maximum atomic E-state index is 11.6. The van der Waals surface area contributed by atoms with Crippen molar-refractivity contribution in [3.05, 3.63) is 60.2 Å². The number of para-hydroxylation sites is 2. The van der Waals surface area contributed by atoms with Crippen molar-refractivity contribution in [3.63, 3.8) is 0 Å². The van der Waals surface area contributed by atoms with Crippen molar-refractivity contribution in [2.45, 2.75) is 6.42 Å². The fraction of sp³-hybridized carbons (Fsp3) is 0.250. The third-order valence-corrected chi connectivity index (χ3v) is 3.37. The normalized spacial score (nSPS) is 9.48. The van der Waals surface area contributed by atoms with Crippen LogP contribution < -0.4 is 20.1 Å². The summed E-state index contributed by atoms with van der Waals surface area (Å²) >= 11 is 0. The van der Waals surface area contributed by atoms with Crippen LogP contribution in [0.4, 0.5) is 4.79 Å². The topological polar surface area (TPSA) is 59.6 Å². The zero-order chi connectivity index (χ0) is 17.7. The summed E-state index contributed by atoms with van der Waals surface area (Å²) in [5.74, 6) is 7.01. The van der Waals surface area contributed by atoms with Gasteiger partial charge in [-0.25, -0.2) is 4.79 Å². The molecule has 2 aromatic carbocycles. The van der Waals surface area contributed by atoms with Crippen LogP contribution in [-0.2, 0) is 6.42 Å². The Balaban J connectivity index is 1.59. The summed E-state index contributed by atoms with van der Waals surface area (Å²) in [7, 11) is 1.59. The lowest BCUT2D eigenvalue weighted by Gasteiger charge is -2.07. The molecular formula is C20H22N2O3. The molecular weight excluding hydrogens is 316 g/mol. The van der Waals surface area contributed by atoms with Gasteiger partial charge in [0.15, 0.2) is 11.5 Å². The van der Waals surface area contributed by atoms with E-state index in [4.69, 9.17) is 9.47 Å². The molecule has 0 fully saturated rings. The van der Waals surface area contributed by atoms with Gasteiger partial charge in [0.25, 0.3) is 0 Å². The molecule has 0 aliphatic carbocycles. The van der Waals surface area contributed by atoms with Crippen molar-refractivity contribution < 1.29 is 14.3 Å². The summed E-state index contributed by atoms with van der Waals surface area (Å²) in [6.07, 6.45) is 0.798. The van der Waals surface area contributed by atoms with Crippen LogP contribution in [0.25, 0.3) is 0 Å². The maximum absolute atomic E-state index is 11.6. The van der Waals surface area contributed by atoms with E-state index in [1.54, 1.807) is 7.11 Å². The van der Waals surface area contributed by atoms with Gasteiger partial charge in [-0.2, -0.15) is 0 Å². The summed E-state index contributed by atoms with van der Waals surface area (Å²) < 4.78 is 10.7. The molecule has 130 valence electrons. The molecule has 0 atom stereocenters. The van der Waals surface area contributed by atoms with Crippen LogP contribution in [0.1, 0.15) is 5.56 Å². The molecule has 0 aromatic heterocycles. The zero-order valence-corrected chi connectivity index (χ0v) is 14.2. The van der Waals surface area contributed by atoms with E-state index in [0.29, 0.717) is 18.0 Å². The van der Waals surface area contributed by atoms with Gasteiger partial charge in [-0.05, 0) is 24.1 Å². The van der Waals surface area contributed by atoms with Gasteiger partial charge in [-0.3, -0.25) is 0 Å². The van der Waals surface area contributed by atoms with E-state index in [1.165, 1.54) is 5.56 Å². The van der Waals surface area contributed by atoms with Gasteiger partial charge in [-0.1, -0.05) is 54.3 Å². The first-order chi connectivity index (χ1) is 12.3. The smallest absolute Gasteiger partial charge is 0.315 e. The van der Waals surface area contributed by atoms with E-state index in [0.717, 1.165) is 6.42 Å². The molecule has 0 unspecified atom stereocenters. The summed E-state index contributed by atoms with van der Waals surface area (Å²) in [6.45, 7) is 1.09. The highest BCUT2D eigenvalue weighted by atomic mass is 16.5. The molecule has 0 aliphatic heterocycles. The Morgan fingerprint density at radius 1 is 0.960 bits per heavy atom. The molecule has 25 heavy (non-hydrogen) atoms. The molecule has 0 spiro atoms. The lowest BCUT2D eigenvalue weighted by atomic mass is 10.1. The molecule has 5 nitrogen and oxygen atoms in total. The number of carbonyl (C=O) groups is 1. The molecule has 2 N–H and O–H groups in total. The van der Waals surface area contributed by atoms with E-state index in [1.807, 2.05) is 54.6 Å². The Kier molecular flexibility index (Phi) is 7.73. The van der Waals surface area contributed by atoms with Gasteiger partial charge in [0, 0.05) is 6.54 Å². The standard InChI is InChI=1S/C20H22N2O3/c1-24-18-11-5-6-12-19(18)25-16-8-7-14-21-20(23)22-15-13-17-9-3-2-4-10-17/h2-6,9-12H,13-16H2,1H3,(H2,21,22,23). The Morgan fingerprint density at radius 2 is 1.68 bits per heavy atom. The number of carbonyl (C=O) groups excluding carboxylic acids is 1. The number of benzene rings is 2.